The number of carbonyl (C=O) groups is 1. The van der Waals surface area contributed by atoms with Crippen LogP contribution in [0.3, 0.4) is 0 Å². The Balaban J connectivity index is 2.38. The molecule has 1 fully saturated rings. The fourth-order valence-electron chi connectivity index (χ4n) is 2.57. The fourth-order valence-corrected chi connectivity index (χ4v) is 3.34. The van der Waals surface area contributed by atoms with E-state index in [-0.39, 0.29) is 10.4 Å². The van der Waals surface area contributed by atoms with Crippen molar-refractivity contribution in [1.82, 2.24) is 9.55 Å². The molecule has 0 radical (unpaired) electrons. The molecule has 5 nitrogen and oxygen atoms in total. The highest BCUT2D eigenvalue weighted by atomic mass is 32.2. The number of thioether (sulfide) groups is 1. The SMILES string of the molecule is CSC1(Cn2c(C)c(CC(C)C(=O)O)c(C)nc2=O)CC1. The van der Waals surface area contributed by atoms with Gasteiger partial charge in [-0.25, -0.2) is 4.79 Å². The summed E-state index contributed by atoms with van der Waals surface area (Å²) in [4.78, 5) is 27.3. The molecule has 1 saturated carbocycles. The first-order valence-electron chi connectivity index (χ1n) is 7.14. The number of carboxylic acid groups (broad SMARTS) is 1. The average Bonchev–Trinajstić information content (AvgIpc) is 3.19. The topological polar surface area (TPSA) is 72.2 Å². The number of nitrogens with zero attached hydrogens (tertiary/aromatic N) is 2. The van der Waals surface area contributed by atoms with E-state index in [9.17, 15) is 9.59 Å². The second-order valence-electron chi connectivity index (χ2n) is 5.96. The van der Waals surface area contributed by atoms with E-state index in [1.165, 1.54) is 0 Å². The third-order valence-electron chi connectivity index (χ3n) is 4.39. The molecule has 21 heavy (non-hydrogen) atoms. The lowest BCUT2D eigenvalue weighted by molar-refractivity contribution is -0.141. The summed E-state index contributed by atoms with van der Waals surface area (Å²) in [6.07, 6.45) is 4.72. The van der Waals surface area contributed by atoms with Crippen molar-refractivity contribution < 1.29 is 9.90 Å². The van der Waals surface area contributed by atoms with Crippen LogP contribution in [0.2, 0.25) is 0 Å². The van der Waals surface area contributed by atoms with Crippen LogP contribution in [0.25, 0.3) is 0 Å². The minimum atomic E-state index is -0.825. The molecule has 0 aliphatic heterocycles. The molecule has 1 N–H and O–H groups in total. The normalized spacial score (nSPS) is 17.5. The molecule has 1 aromatic rings. The van der Waals surface area contributed by atoms with Crippen molar-refractivity contribution in [1.29, 1.82) is 0 Å². The summed E-state index contributed by atoms with van der Waals surface area (Å²) >= 11 is 1.80. The molecular formula is C15H22N2O3S. The Bertz CT molecular complexity index is 620. The largest absolute Gasteiger partial charge is 0.481 e. The fraction of sp³-hybridized carbons (Fsp3) is 0.667. The number of aromatic nitrogens is 2. The lowest BCUT2D eigenvalue weighted by Crippen LogP contribution is -2.32. The van der Waals surface area contributed by atoms with Crippen molar-refractivity contribution >= 4 is 17.7 Å². The number of rotatable bonds is 6. The Morgan fingerprint density at radius 2 is 2.10 bits per heavy atom. The third kappa shape index (κ3) is 3.31. The molecule has 116 valence electrons. The lowest BCUT2D eigenvalue weighted by atomic mass is 9.99. The third-order valence-corrected chi connectivity index (χ3v) is 5.79. The summed E-state index contributed by atoms with van der Waals surface area (Å²) in [6, 6.07) is 0. The molecule has 0 aromatic carbocycles. The van der Waals surface area contributed by atoms with Gasteiger partial charge in [-0.2, -0.15) is 16.7 Å². The quantitative estimate of drug-likeness (QED) is 0.870. The highest BCUT2D eigenvalue weighted by molar-refractivity contribution is 8.00. The molecule has 0 amide bonds. The minimum absolute atomic E-state index is 0.168. The monoisotopic (exact) mass is 310 g/mol. The van der Waals surface area contributed by atoms with E-state index in [0.29, 0.717) is 18.7 Å². The zero-order valence-corrected chi connectivity index (χ0v) is 13.8. The number of hydrogen-bond acceptors (Lipinski definition) is 4. The van der Waals surface area contributed by atoms with Gasteiger partial charge in [0.15, 0.2) is 0 Å². The minimum Gasteiger partial charge on any atom is -0.481 e. The molecule has 1 aliphatic rings. The van der Waals surface area contributed by atoms with E-state index in [2.05, 4.69) is 11.2 Å². The maximum absolute atomic E-state index is 12.2. The predicted molar refractivity (Wildman–Crippen MR) is 84.0 cm³/mol. The zero-order chi connectivity index (χ0) is 15.8. The van der Waals surface area contributed by atoms with Crippen LogP contribution in [-0.2, 0) is 17.8 Å². The van der Waals surface area contributed by atoms with Crippen molar-refractivity contribution in [2.45, 2.75) is 51.3 Å². The summed E-state index contributed by atoms with van der Waals surface area (Å²) in [5.41, 5.74) is 2.18. The van der Waals surface area contributed by atoms with Crippen LogP contribution in [0.15, 0.2) is 4.79 Å². The van der Waals surface area contributed by atoms with Crippen molar-refractivity contribution in [3.63, 3.8) is 0 Å². The van der Waals surface area contributed by atoms with E-state index < -0.39 is 11.9 Å². The molecular weight excluding hydrogens is 288 g/mol. The van der Waals surface area contributed by atoms with Gasteiger partial charge in [0, 0.05) is 22.7 Å². The molecule has 0 bridgehead atoms. The van der Waals surface area contributed by atoms with Crippen LogP contribution in [0.4, 0.5) is 0 Å². The van der Waals surface area contributed by atoms with Gasteiger partial charge in [-0.05, 0) is 44.9 Å². The molecule has 1 aliphatic carbocycles. The maximum atomic E-state index is 12.2. The van der Waals surface area contributed by atoms with Gasteiger partial charge in [0.05, 0.1) is 5.92 Å². The smallest absolute Gasteiger partial charge is 0.348 e. The second kappa shape index (κ2) is 5.83. The standard InChI is InChI=1S/C15H22N2O3S/c1-9(13(18)19)7-12-10(2)16-14(20)17(11(12)3)8-15(21-4)5-6-15/h9H,5-8H2,1-4H3,(H,18,19). The van der Waals surface area contributed by atoms with Crippen molar-refractivity contribution in [2.75, 3.05) is 6.26 Å². The summed E-state index contributed by atoms with van der Waals surface area (Å²) in [6.45, 7) is 6.03. The summed E-state index contributed by atoms with van der Waals surface area (Å²) in [5, 5.41) is 9.09. The second-order valence-corrected chi connectivity index (χ2v) is 7.23. The Morgan fingerprint density at radius 3 is 2.57 bits per heavy atom. The molecule has 1 heterocycles. The number of aryl methyl sites for hydroxylation is 1. The summed E-state index contributed by atoms with van der Waals surface area (Å²) in [7, 11) is 0. The Hall–Kier alpha value is -1.30. The molecule has 1 atom stereocenters. The van der Waals surface area contributed by atoms with Gasteiger partial charge < -0.3 is 5.11 Å². The molecule has 2 rings (SSSR count). The number of carboxylic acids is 1. The van der Waals surface area contributed by atoms with Crippen LogP contribution in [0.5, 0.6) is 0 Å². The first kappa shape index (κ1) is 16.1. The average molecular weight is 310 g/mol. The Morgan fingerprint density at radius 1 is 1.48 bits per heavy atom. The van der Waals surface area contributed by atoms with Gasteiger partial charge in [0.25, 0.3) is 0 Å². The van der Waals surface area contributed by atoms with Gasteiger partial charge in [-0.3, -0.25) is 9.36 Å². The van der Waals surface area contributed by atoms with Gasteiger partial charge >= 0.3 is 11.7 Å². The van der Waals surface area contributed by atoms with Crippen molar-refractivity contribution in [2.24, 2.45) is 5.92 Å². The Kier molecular flexibility index (Phi) is 4.46. The first-order chi connectivity index (χ1) is 9.79. The maximum Gasteiger partial charge on any atom is 0.348 e. The van der Waals surface area contributed by atoms with E-state index in [1.54, 1.807) is 30.2 Å². The highest BCUT2D eigenvalue weighted by Gasteiger charge is 2.42. The summed E-state index contributed by atoms with van der Waals surface area (Å²) in [5.74, 6) is -1.31. The first-order valence-corrected chi connectivity index (χ1v) is 8.37. The van der Waals surface area contributed by atoms with Crippen LogP contribution >= 0.6 is 11.8 Å². The van der Waals surface area contributed by atoms with Gasteiger partial charge in [-0.1, -0.05) is 6.92 Å². The van der Waals surface area contributed by atoms with E-state index in [0.717, 1.165) is 24.1 Å². The van der Waals surface area contributed by atoms with E-state index >= 15 is 0 Å². The molecule has 1 aromatic heterocycles. The van der Waals surface area contributed by atoms with Crippen molar-refractivity contribution in [3.8, 4) is 0 Å². The predicted octanol–water partition coefficient (Wildman–Crippen LogP) is 2.02. The zero-order valence-electron chi connectivity index (χ0n) is 13.0. The van der Waals surface area contributed by atoms with Crippen LogP contribution in [-0.4, -0.2) is 31.6 Å². The van der Waals surface area contributed by atoms with Crippen LogP contribution < -0.4 is 5.69 Å². The highest BCUT2D eigenvalue weighted by Crippen LogP contribution is 2.48. The molecule has 1 unspecified atom stereocenters. The van der Waals surface area contributed by atoms with Crippen LogP contribution in [0.1, 0.15) is 36.7 Å². The number of hydrogen-bond donors (Lipinski definition) is 1. The van der Waals surface area contributed by atoms with Gasteiger partial charge in [0.1, 0.15) is 0 Å². The van der Waals surface area contributed by atoms with Crippen LogP contribution in [0, 0.1) is 19.8 Å². The van der Waals surface area contributed by atoms with Gasteiger partial charge in [-0.15, -0.1) is 0 Å². The number of aliphatic carboxylic acids is 1. The lowest BCUT2D eigenvalue weighted by Gasteiger charge is -2.20. The van der Waals surface area contributed by atoms with Gasteiger partial charge in [0.2, 0.25) is 0 Å². The molecule has 0 saturated heterocycles. The molecule has 6 heteroatoms. The van der Waals surface area contributed by atoms with Crippen molar-refractivity contribution in [3.05, 3.63) is 27.4 Å². The van der Waals surface area contributed by atoms with E-state index in [1.807, 2.05) is 6.92 Å². The molecule has 0 spiro atoms. The Labute approximate surface area is 128 Å². The summed E-state index contributed by atoms with van der Waals surface area (Å²) < 4.78 is 1.89. The van der Waals surface area contributed by atoms with E-state index in [4.69, 9.17) is 5.11 Å².